The molecule has 0 aliphatic carbocycles. The van der Waals surface area contributed by atoms with Gasteiger partial charge in [-0.15, -0.1) is 0 Å². The first-order chi connectivity index (χ1) is 4.30. The molecule has 0 spiro atoms. The molecule has 0 aromatic carbocycles. The Morgan fingerprint density at radius 3 is 2.50 bits per heavy atom. The van der Waals surface area contributed by atoms with Gasteiger partial charge in [0.25, 0.3) is 0 Å². The van der Waals surface area contributed by atoms with Crippen LogP contribution in [0.4, 0.5) is 5.82 Å². The molecule has 10 heavy (non-hydrogen) atoms. The third-order valence-electron chi connectivity index (χ3n) is 0.737. The predicted octanol–water partition coefficient (Wildman–Crippen LogP) is 0.547. The van der Waals surface area contributed by atoms with Gasteiger partial charge in [0.05, 0.1) is 6.20 Å². The molecule has 1 aromatic heterocycles. The van der Waals surface area contributed by atoms with Crippen LogP contribution in [0.2, 0.25) is 0 Å². The van der Waals surface area contributed by atoms with Crippen molar-refractivity contribution >= 4 is 5.82 Å². The number of hydrogen-bond donors (Lipinski definition) is 1. The molecule has 0 amide bonds. The van der Waals surface area contributed by atoms with Crippen LogP contribution in [0.15, 0.2) is 18.6 Å². The van der Waals surface area contributed by atoms with Gasteiger partial charge in [-0.2, -0.15) is 0 Å². The van der Waals surface area contributed by atoms with Gasteiger partial charge < -0.3 is 16.3 Å². The molecule has 54 valence electrons. The van der Waals surface area contributed by atoms with Gasteiger partial charge in [0.15, 0.2) is 6.20 Å². The van der Waals surface area contributed by atoms with Crippen molar-refractivity contribution in [2.45, 2.75) is 0 Å². The lowest BCUT2D eigenvalue weighted by atomic mass is 10.7. The smallest absolute Gasteiger partial charge is 0.358 e. The van der Waals surface area contributed by atoms with E-state index in [2.05, 4.69) is 9.97 Å². The first-order valence-electron chi connectivity index (χ1n) is 2.21. The summed E-state index contributed by atoms with van der Waals surface area (Å²) >= 11 is 0. The van der Waals surface area contributed by atoms with Crippen LogP contribution in [0.3, 0.4) is 0 Å². The van der Waals surface area contributed by atoms with Crippen LogP contribution in [0.25, 0.3) is 0 Å². The second-order valence-corrected chi connectivity index (χ2v) is 1.32. The first kappa shape index (κ1) is 8.44. The predicted molar refractivity (Wildman–Crippen MR) is 33.7 cm³/mol. The van der Waals surface area contributed by atoms with Gasteiger partial charge >= 0.3 is 5.82 Å². The van der Waals surface area contributed by atoms with Crippen LogP contribution in [-0.2, 0) is 0 Å². The molecule has 1 aromatic rings. The van der Waals surface area contributed by atoms with Crippen LogP contribution < -0.4 is 6.15 Å². The second-order valence-electron chi connectivity index (χ2n) is 1.32. The van der Waals surface area contributed by atoms with Gasteiger partial charge in [0.2, 0.25) is 0 Å². The molecule has 3 N–H and O–H groups in total. The molecular weight excluding hydrogens is 136 g/mol. The molecule has 0 fully saturated rings. The topological polar surface area (TPSA) is 104 Å². The van der Waals surface area contributed by atoms with Crippen molar-refractivity contribution in [3.05, 3.63) is 28.7 Å². The average molecular weight is 142 g/mol. The Morgan fingerprint density at radius 1 is 1.50 bits per heavy atom. The van der Waals surface area contributed by atoms with Gasteiger partial charge in [-0.05, 0) is 9.91 Å². The molecule has 1 rings (SSSR count). The number of hydrogen-bond acceptors (Lipinski definition) is 5. The lowest BCUT2D eigenvalue weighted by molar-refractivity contribution is -0.389. The van der Waals surface area contributed by atoms with Crippen molar-refractivity contribution in [3.63, 3.8) is 0 Å². The maximum absolute atomic E-state index is 9.90. The first-order valence-corrected chi connectivity index (χ1v) is 2.21. The van der Waals surface area contributed by atoms with Crippen LogP contribution in [0.1, 0.15) is 0 Å². The van der Waals surface area contributed by atoms with E-state index in [9.17, 15) is 10.1 Å². The third kappa shape index (κ3) is 1.75. The Balaban J connectivity index is 0.000000810. The van der Waals surface area contributed by atoms with Crippen molar-refractivity contribution in [2.24, 2.45) is 0 Å². The minimum Gasteiger partial charge on any atom is -0.358 e. The lowest BCUT2D eigenvalue weighted by Crippen LogP contribution is -1.90. The summed E-state index contributed by atoms with van der Waals surface area (Å²) in [5.41, 5.74) is 0. The van der Waals surface area contributed by atoms with Gasteiger partial charge in [-0.1, -0.05) is 0 Å². The van der Waals surface area contributed by atoms with Crippen LogP contribution in [-0.4, -0.2) is 14.9 Å². The summed E-state index contributed by atoms with van der Waals surface area (Å²) in [6, 6.07) is 0. The fraction of sp³-hybridized carbons (Fsp3) is 0. The molecular formula is C4H6N4O2. The van der Waals surface area contributed by atoms with Crippen LogP contribution >= 0.6 is 0 Å². The SMILES string of the molecule is N.O=[N+]([O-])c1cnccn1. The van der Waals surface area contributed by atoms with Crippen molar-refractivity contribution in [1.82, 2.24) is 16.1 Å². The zero-order chi connectivity index (χ0) is 6.69. The van der Waals surface area contributed by atoms with Crippen LogP contribution in [0, 0.1) is 10.1 Å². The Morgan fingerprint density at radius 2 is 2.20 bits per heavy atom. The van der Waals surface area contributed by atoms with E-state index in [1.165, 1.54) is 12.4 Å². The summed E-state index contributed by atoms with van der Waals surface area (Å²) < 4.78 is 0. The van der Waals surface area contributed by atoms with E-state index in [0.717, 1.165) is 6.20 Å². The maximum atomic E-state index is 9.90. The van der Waals surface area contributed by atoms with E-state index in [0.29, 0.717) is 0 Å². The largest absolute Gasteiger partial charge is 0.381 e. The average Bonchev–Trinajstić information content (AvgIpc) is 1.90. The Labute approximate surface area is 56.7 Å². The Kier molecular flexibility index (Phi) is 2.92. The molecule has 0 aliphatic heterocycles. The van der Waals surface area contributed by atoms with Gasteiger partial charge in [0.1, 0.15) is 6.20 Å². The molecule has 6 heteroatoms. The van der Waals surface area contributed by atoms with Crippen LogP contribution in [0.5, 0.6) is 0 Å². The molecule has 0 saturated heterocycles. The highest BCUT2D eigenvalue weighted by Gasteiger charge is 2.01. The number of aromatic nitrogens is 2. The Hall–Kier alpha value is -1.56. The number of nitrogens with zero attached hydrogens (tertiary/aromatic N) is 3. The fourth-order valence-corrected chi connectivity index (χ4v) is 0.386. The van der Waals surface area contributed by atoms with Gasteiger partial charge in [-0.3, -0.25) is 4.98 Å². The molecule has 0 unspecified atom stereocenters. The zero-order valence-electron chi connectivity index (χ0n) is 5.10. The Bertz CT molecular complexity index is 212. The summed E-state index contributed by atoms with van der Waals surface area (Å²) in [4.78, 5) is 16.2. The van der Waals surface area contributed by atoms with E-state index < -0.39 is 4.92 Å². The highest BCUT2D eigenvalue weighted by Crippen LogP contribution is 1.98. The number of nitro groups is 1. The summed E-state index contributed by atoms with van der Waals surface area (Å²) in [5.74, 6) is -0.225. The van der Waals surface area contributed by atoms with Crippen molar-refractivity contribution < 1.29 is 4.92 Å². The van der Waals surface area contributed by atoms with Gasteiger partial charge in [0, 0.05) is 0 Å². The molecule has 0 atom stereocenters. The van der Waals surface area contributed by atoms with E-state index in [4.69, 9.17) is 0 Å². The minimum absolute atomic E-state index is 0. The minimum atomic E-state index is -0.590. The monoisotopic (exact) mass is 142 g/mol. The fourth-order valence-electron chi connectivity index (χ4n) is 0.386. The normalized spacial score (nSPS) is 8.00. The molecule has 1 heterocycles. The highest BCUT2D eigenvalue weighted by atomic mass is 16.6. The number of rotatable bonds is 1. The summed E-state index contributed by atoms with van der Waals surface area (Å²) in [7, 11) is 0. The second kappa shape index (κ2) is 3.46. The highest BCUT2D eigenvalue weighted by molar-refractivity contribution is 5.09. The van der Waals surface area contributed by atoms with Gasteiger partial charge in [-0.25, -0.2) is 0 Å². The third-order valence-corrected chi connectivity index (χ3v) is 0.737. The van der Waals surface area contributed by atoms with E-state index in [1.807, 2.05) is 0 Å². The standard InChI is InChI=1S/C4H3N3O2.H3N/c8-7(9)4-3-5-1-2-6-4;/h1-3H;1H3. The molecule has 6 nitrogen and oxygen atoms in total. The van der Waals surface area contributed by atoms with Crippen molar-refractivity contribution in [2.75, 3.05) is 0 Å². The van der Waals surface area contributed by atoms with E-state index >= 15 is 0 Å². The van der Waals surface area contributed by atoms with Crippen molar-refractivity contribution in [1.29, 1.82) is 0 Å². The molecule has 0 radical (unpaired) electrons. The zero-order valence-corrected chi connectivity index (χ0v) is 5.10. The molecule has 0 aliphatic rings. The molecule has 0 saturated carbocycles. The lowest BCUT2D eigenvalue weighted by Gasteiger charge is -1.85. The summed E-state index contributed by atoms with van der Waals surface area (Å²) in [6.45, 7) is 0. The van der Waals surface area contributed by atoms with E-state index in [-0.39, 0.29) is 12.0 Å². The summed E-state index contributed by atoms with van der Waals surface area (Å²) in [6.07, 6.45) is 3.76. The molecule has 0 bridgehead atoms. The summed E-state index contributed by atoms with van der Waals surface area (Å²) in [5, 5.41) is 9.90. The van der Waals surface area contributed by atoms with Crippen molar-refractivity contribution in [3.8, 4) is 0 Å². The van der Waals surface area contributed by atoms with E-state index in [1.54, 1.807) is 0 Å². The maximum Gasteiger partial charge on any atom is 0.381 e. The quantitative estimate of drug-likeness (QED) is 0.455.